The van der Waals surface area contributed by atoms with Gasteiger partial charge in [-0.2, -0.15) is 0 Å². The molecule has 1 heterocycles. The van der Waals surface area contributed by atoms with Crippen molar-refractivity contribution >= 4 is 5.97 Å². The van der Waals surface area contributed by atoms with E-state index in [1.807, 2.05) is 38.1 Å². The third kappa shape index (κ3) is 3.24. The number of benzene rings is 1. The number of carbonyl (C=O) groups is 1. The van der Waals surface area contributed by atoms with Crippen LogP contribution < -0.4 is 4.74 Å². The second-order valence-electron chi connectivity index (χ2n) is 4.84. The zero-order valence-electron chi connectivity index (χ0n) is 12.7. The van der Waals surface area contributed by atoms with E-state index in [1.165, 1.54) is 0 Å². The van der Waals surface area contributed by atoms with Crippen LogP contribution in [0.25, 0.3) is 11.5 Å². The number of methoxy groups -OCH3 is 1. The van der Waals surface area contributed by atoms with Crippen LogP contribution in [0.5, 0.6) is 5.75 Å². The fourth-order valence-electron chi connectivity index (χ4n) is 1.92. The number of carbonyl (C=O) groups excluding carboxylic acids is 1. The molecule has 0 saturated heterocycles. The highest BCUT2D eigenvalue weighted by Gasteiger charge is 2.24. The Kier molecular flexibility index (Phi) is 4.62. The smallest absolute Gasteiger partial charge is 0.376 e. The van der Waals surface area contributed by atoms with Gasteiger partial charge in [-0.3, -0.25) is 0 Å². The van der Waals surface area contributed by atoms with Crippen molar-refractivity contribution in [2.45, 2.75) is 26.7 Å². The lowest BCUT2D eigenvalue weighted by Gasteiger charge is -2.02. The van der Waals surface area contributed by atoms with E-state index in [4.69, 9.17) is 13.9 Å². The molecule has 5 nitrogen and oxygen atoms in total. The standard InChI is InChI=1S/C16H19NO4/c1-5-20-16(18)14-13(10(2)3)17-15(21-14)11-6-8-12(19-4)9-7-11/h6-10H,5H2,1-4H3. The van der Waals surface area contributed by atoms with Crippen molar-refractivity contribution in [3.05, 3.63) is 35.7 Å². The second kappa shape index (κ2) is 6.43. The lowest BCUT2D eigenvalue weighted by Crippen LogP contribution is -2.07. The summed E-state index contributed by atoms with van der Waals surface area (Å²) in [5, 5.41) is 0. The van der Waals surface area contributed by atoms with Crippen molar-refractivity contribution < 1.29 is 18.7 Å². The summed E-state index contributed by atoms with van der Waals surface area (Å²) >= 11 is 0. The van der Waals surface area contributed by atoms with Gasteiger partial charge in [0, 0.05) is 5.56 Å². The van der Waals surface area contributed by atoms with Gasteiger partial charge in [0.2, 0.25) is 11.7 Å². The number of aromatic nitrogens is 1. The molecule has 5 heteroatoms. The minimum Gasteiger partial charge on any atom is -0.497 e. The summed E-state index contributed by atoms with van der Waals surface area (Å²) in [7, 11) is 1.61. The molecule has 21 heavy (non-hydrogen) atoms. The van der Waals surface area contributed by atoms with Crippen LogP contribution in [0.3, 0.4) is 0 Å². The summed E-state index contributed by atoms with van der Waals surface area (Å²) in [5.41, 5.74) is 1.40. The monoisotopic (exact) mass is 289 g/mol. The molecule has 0 aliphatic carbocycles. The quantitative estimate of drug-likeness (QED) is 0.786. The molecule has 0 atom stereocenters. The van der Waals surface area contributed by atoms with Crippen LogP contribution in [0, 0.1) is 0 Å². The van der Waals surface area contributed by atoms with Crippen LogP contribution >= 0.6 is 0 Å². The van der Waals surface area contributed by atoms with Crippen LogP contribution in [0.2, 0.25) is 0 Å². The van der Waals surface area contributed by atoms with Gasteiger partial charge in [0.25, 0.3) is 0 Å². The number of rotatable bonds is 5. The highest BCUT2D eigenvalue weighted by atomic mass is 16.5. The molecule has 2 rings (SSSR count). The van der Waals surface area contributed by atoms with Crippen molar-refractivity contribution in [1.29, 1.82) is 0 Å². The first-order chi connectivity index (χ1) is 10.1. The third-order valence-electron chi connectivity index (χ3n) is 3.00. The molecule has 1 aromatic carbocycles. The molecule has 0 saturated carbocycles. The third-order valence-corrected chi connectivity index (χ3v) is 3.00. The van der Waals surface area contributed by atoms with Crippen molar-refractivity contribution in [3.8, 4) is 17.2 Å². The van der Waals surface area contributed by atoms with Crippen molar-refractivity contribution in [3.63, 3.8) is 0 Å². The van der Waals surface area contributed by atoms with Gasteiger partial charge in [0.05, 0.1) is 19.4 Å². The summed E-state index contributed by atoms with van der Waals surface area (Å²) < 4.78 is 15.8. The van der Waals surface area contributed by atoms with Crippen LogP contribution in [0.15, 0.2) is 28.7 Å². The second-order valence-corrected chi connectivity index (χ2v) is 4.84. The van der Waals surface area contributed by atoms with Gasteiger partial charge in [0.15, 0.2) is 0 Å². The summed E-state index contributed by atoms with van der Waals surface area (Å²) in [4.78, 5) is 16.4. The zero-order valence-corrected chi connectivity index (χ0v) is 12.7. The van der Waals surface area contributed by atoms with Gasteiger partial charge in [-0.05, 0) is 37.1 Å². The van der Waals surface area contributed by atoms with Crippen LogP contribution in [-0.2, 0) is 4.74 Å². The SMILES string of the molecule is CCOC(=O)c1oc(-c2ccc(OC)cc2)nc1C(C)C. The molecule has 0 spiro atoms. The molecule has 112 valence electrons. The molecule has 0 aliphatic rings. The Morgan fingerprint density at radius 2 is 1.95 bits per heavy atom. The van der Waals surface area contributed by atoms with Gasteiger partial charge in [-0.1, -0.05) is 13.8 Å². The van der Waals surface area contributed by atoms with Gasteiger partial charge in [0.1, 0.15) is 5.75 Å². The molecule has 0 fully saturated rings. The van der Waals surface area contributed by atoms with Crippen LogP contribution in [0.4, 0.5) is 0 Å². The normalized spacial score (nSPS) is 10.7. The van der Waals surface area contributed by atoms with Crippen molar-refractivity contribution in [1.82, 2.24) is 4.98 Å². The molecule has 0 aliphatic heterocycles. The summed E-state index contributed by atoms with van der Waals surface area (Å²) in [6.07, 6.45) is 0. The summed E-state index contributed by atoms with van der Waals surface area (Å²) in [6, 6.07) is 7.31. The van der Waals surface area contributed by atoms with Crippen molar-refractivity contribution in [2.24, 2.45) is 0 Å². The molecule has 0 bridgehead atoms. The topological polar surface area (TPSA) is 61.6 Å². The summed E-state index contributed by atoms with van der Waals surface area (Å²) in [6.45, 7) is 5.97. The van der Waals surface area contributed by atoms with E-state index in [0.29, 0.717) is 18.2 Å². The Hall–Kier alpha value is -2.30. The minimum absolute atomic E-state index is 0.0696. The minimum atomic E-state index is -0.478. The average molecular weight is 289 g/mol. The number of nitrogens with zero attached hydrogens (tertiary/aromatic N) is 1. The molecule has 0 radical (unpaired) electrons. The van der Waals surface area contributed by atoms with Crippen LogP contribution in [0.1, 0.15) is 42.9 Å². The Bertz CT molecular complexity index is 614. The number of hydrogen-bond acceptors (Lipinski definition) is 5. The number of ether oxygens (including phenoxy) is 2. The van der Waals surface area contributed by atoms with Crippen molar-refractivity contribution in [2.75, 3.05) is 13.7 Å². The predicted molar refractivity (Wildman–Crippen MR) is 78.5 cm³/mol. The Morgan fingerprint density at radius 3 is 2.48 bits per heavy atom. The molecule has 0 unspecified atom stereocenters. The number of hydrogen-bond donors (Lipinski definition) is 0. The van der Waals surface area contributed by atoms with E-state index in [-0.39, 0.29) is 11.7 Å². The molecular formula is C16H19NO4. The van der Waals surface area contributed by atoms with E-state index < -0.39 is 5.97 Å². The van der Waals surface area contributed by atoms with E-state index in [9.17, 15) is 4.79 Å². The molecular weight excluding hydrogens is 270 g/mol. The maximum absolute atomic E-state index is 11.9. The fourth-order valence-corrected chi connectivity index (χ4v) is 1.92. The first kappa shape index (κ1) is 15.1. The molecule has 2 aromatic rings. The Balaban J connectivity index is 2.40. The van der Waals surface area contributed by atoms with E-state index in [1.54, 1.807) is 14.0 Å². The first-order valence-corrected chi connectivity index (χ1v) is 6.89. The maximum Gasteiger partial charge on any atom is 0.376 e. The van der Waals surface area contributed by atoms with E-state index in [0.717, 1.165) is 11.3 Å². The lowest BCUT2D eigenvalue weighted by molar-refractivity contribution is 0.0488. The van der Waals surface area contributed by atoms with E-state index >= 15 is 0 Å². The highest BCUT2D eigenvalue weighted by molar-refractivity contribution is 5.88. The van der Waals surface area contributed by atoms with Gasteiger partial charge >= 0.3 is 5.97 Å². The largest absolute Gasteiger partial charge is 0.497 e. The zero-order chi connectivity index (χ0) is 15.4. The summed E-state index contributed by atoms with van der Waals surface area (Å²) in [5.74, 6) is 0.927. The highest BCUT2D eigenvalue weighted by Crippen LogP contribution is 2.28. The average Bonchev–Trinajstić information content (AvgIpc) is 2.93. The number of oxazole rings is 1. The van der Waals surface area contributed by atoms with E-state index in [2.05, 4.69) is 4.98 Å². The van der Waals surface area contributed by atoms with Crippen LogP contribution in [-0.4, -0.2) is 24.7 Å². The Labute approximate surface area is 123 Å². The predicted octanol–water partition coefficient (Wildman–Crippen LogP) is 3.65. The lowest BCUT2D eigenvalue weighted by atomic mass is 10.1. The van der Waals surface area contributed by atoms with Gasteiger partial charge < -0.3 is 13.9 Å². The maximum atomic E-state index is 11.9. The fraction of sp³-hybridized carbons (Fsp3) is 0.375. The van der Waals surface area contributed by atoms with Gasteiger partial charge in [-0.15, -0.1) is 0 Å². The molecule has 0 N–H and O–H groups in total. The Morgan fingerprint density at radius 1 is 1.29 bits per heavy atom. The number of esters is 1. The molecule has 1 aromatic heterocycles. The first-order valence-electron chi connectivity index (χ1n) is 6.89. The van der Waals surface area contributed by atoms with Gasteiger partial charge in [-0.25, -0.2) is 9.78 Å². The molecule has 0 amide bonds.